The van der Waals surface area contributed by atoms with Crippen molar-refractivity contribution in [3.05, 3.63) is 60.4 Å². The minimum absolute atomic E-state index is 0.0661. The van der Waals surface area contributed by atoms with Crippen LogP contribution in [0, 0.1) is 17.3 Å². The van der Waals surface area contributed by atoms with Crippen LogP contribution in [-0.2, 0) is 51.1 Å². The number of anilines is 1. The molecule has 3 fully saturated rings. The first-order valence-electron chi connectivity index (χ1n) is 22.5. The number of hydrogen-bond donors (Lipinski definition) is 2. The van der Waals surface area contributed by atoms with E-state index in [9.17, 15) is 32.3 Å². The number of aromatic nitrogens is 2. The lowest BCUT2D eigenvalue weighted by Gasteiger charge is -2.40. The van der Waals surface area contributed by atoms with Crippen molar-refractivity contribution in [2.45, 2.75) is 103 Å². The number of likely N-dealkylation sites (tertiary alicyclic amines) is 1. The molecule has 4 aliphatic rings. The average molecular weight is 910 g/mol. The molecular weight excluding hydrogens is 848 g/mol. The third kappa shape index (κ3) is 11.0. The number of benzene rings is 1. The highest BCUT2D eigenvalue weighted by atomic mass is 19.4. The van der Waals surface area contributed by atoms with Crippen molar-refractivity contribution < 1.29 is 51.3 Å². The molecule has 0 spiro atoms. The van der Waals surface area contributed by atoms with Crippen molar-refractivity contribution in [3.8, 4) is 11.3 Å². The molecule has 0 saturated carbocycles. The molecule has 6 heterocycles. The van der Waals surface area contributed by atoms with Crippen LogP contribution >= 0.6 is 0 Å². The molecule has 0 aliphatic carbocycles. The molecule has 354 valence electrons. The number of cyclic esters (lactones) is 1. The summed E-state index contributed by atoms with van der Waals surface area (Å²) in [5, 5.41) is 5.02. The maximum absolute atomic E-state index is 14.6. The van der Waals surface area contributed by atoms with Crippen LogP contribution in [0.2, 0.25) is 0 Å². The number of esters is 1. The summed E-state index contributed by atoms with van der Waals surface area (Å²) in [6.07, 6.45) is -1.83. The third-order valence-corrected chi connectivity index (χ3v) is 12.9. The van der Waals surface area contributed by atoms with Gasteiger partial charge in [0.2, 0.25) is 11.8 Å². The number of carbonyl (C=O) groups is 4. The molecule has 6 bridgehead atoms. The fraction of sp³-hybridized carbons (Fsp3) is 0.596. The molecule has 18 heteroatoms. The second kappa shape index (κ2) is 19.8. The molecule has 1 aromatic carbocycles. The molecule has 3 aromatic rings. The summed E-state index contributed by atoms with van der Waals surface area (Å²) < 4.78 is 69.3. The molecule has 7 rings (SSSR count). The normalized spacial score (nSPS) is 23.1. The highest BCUT2D eigenvalue weighted by molar-refractivity contribution is 5.95. The Morgan fingerprint density at radius 3 is 2.60 bits per heavy atom. The van der Waals surface area contributed by atoms with E-state index in [1.807, 2.05) is 39.8 Å². The quantitative estimate of drug-likeness (QED) is 0.189. The molecule has 0 unspecified atom stereocenters. The number of nitrogens with one attached hydrogen (secondary N) is 2. The van der Waals surface area contributed by atoms with E-state index in [2.05, 4.69) is 27.2 Å². The number of hydrazine groups is 1. The van der Waals surface area contributed by atoms with Gasteiger partial charge in [-0.1, -0.05) is 34.3 Å². The number of methoxy groups -OCH3 is 1. The Hall–Kier alpha value is -5.04. The first-order chi connectivity index (χ1) is 30.9. The van der Waals surface area contributed by atoms with Crippen LogP contribution < -0.4 is 15.6 Å². The molecule has 2 aromatic heterocycles. The summed E-state index contributed by atoms with van der Waals surface area (Å²) >= 11 is 0. The van der Waals surface area contributed by atoms with Gasteiger partial charge >= 0.3 is 12.1 Å². The van der Waals surface area contributed by atoms with Crippen LogP contribution in [-0.4, -0.2) is 133 Å². The molecular formula is C47H62F3N7O8. The van der Waals surface area contributed by atoms with Gasteiger partial charge in [-0.05, 0) is 74.1 Å². The summed E-state index contributed by atoms with van der Waals surface area (Å²) in [7, 11) is 1.53. The number of alkyl halides is 3. The fourth-order valence-electron chi connectivity index (χ4n) is 9.22. The maximum atomic E-state index is 14.6. The van der Waals surface area contributed by atoms with Gasteiger partial charge in [-0.15, -0.1) is 0 Å². The van der Waals surface area contributed by atoms with Gasteiger partial charge in [0.1, 0.15) is 18.6 Å². The number of amides is 3. The minimum Gasteiger partial charge on any atom is -0.464 e. The number of morpholine rings is 1. The lowest BCUT2D eigenvalue weighted by molar-refractivity contribution is -0.156. The third-order valence-electron chi connectivity index (χ3n) is 12.9. The van der Waals surface area contributed by atoms with Gasteiger partial charge in [0.25, 0.3) is 5.91 Å². The van der Waals surface area contributed by atoms with Gasteiger partial charge < -0.3 is 38.6 Å². The lowest BCUT2D eigenvalue weighted by Crippen LogP contribution is -2.61. The van der Waals surface area contributed by atoms with Crippen molar-refractivity contribution in [2.75, 3.05) is 64.6 Å². The van der Waals surface area contributed by atoms with Gasteiger partial charge in [0, 0.05) is 80.0 Å². The Bertz CT molecular complexity index is 2240. The summed E-state index contributed by atoms with van der Waals surface area (Å²) in [6, 6.07) is 6.98. The van der Waals surface area contributed by atoms with E-state index in [0.717, 1.165) is 5.69 Å². The van der Waals surface area contributed by atoms with Gasteiger partial charge in [0.05, 0.1) is 55.4 Å². The number of hydrogen-bond acceptors (Lipinski definition) is 11. The van der Waals surface area contributed by atoms with E-state index in [4.69, 9.17) is 18.9 Å². The predicted molar refractivity (Wildman–Crippen MR) is 236 cm³/mol. The smallest absolute Gasteiger partial charge is 0.406 e. The first-order valence-corrected chi connectivity index (χ1v) is 22.5. The fourth-order valence-corrected chi connectivity index (χ4v) is 9.22. The van der Waals surface area contributed by atoms with Crippen LogP contribution in [0.5, 0.6) is 0 Å². The molecule has 4 aliphatic heterocycles. The molecule has 3 amide bonds. The van der Waals surface area contributed by atoms with Crippen molar-refractivity contribution in [3.63, 3.8) is 0 Å². The molecule has 0 radical (unpaired) electrons. The number of ether oxygens (including phenoxy) is 4. The van der Waals surface area contributed by atoms with Crippen LogP contribution in [0.15, 0.2) is 49.2 Å². The molecule has 5 atom stereocenters. The number of pyridine rings is 1. The Balaban J connectivity index is 1.26. The Morgan fingerprint density at radius 2 is 1.89 bits per heavy atom. The van der Waals surface area contributed by atoms with Crippen LogP contribution in [0.4, 0.5) is 18.9 Å². The zero-order valence-corrected chi connectivity index (χ0v) is 38.1. The van der Waals surface area contributed by atoms with Gasteiger partial charge in [0.15, 0.2) is 0 Å². The summed E-state index contributed by atoms with van der Waals surface area (Å²) in [6.45, 7) is 13.9. The summed E-state index contributed by atoms with van der Waals surface area (Å²) in [4.78, 5) is 62.8. The molecule has 15 nitrogen and oxygen atoms in total. The first kappa shape index (κ1) is 47.9. The SMILES string of the molecule is C=CC(=O)N1CC(OC[C@H](C(=O)N[C@H]2C[C@H]3CN(CCO3)c3ccc4c(c3)c(c(-c3cccnc3[C@H](C)OC)n4CC(F)(F)F)CC(C)(C)COC(=O)[C@@H]3CCCN(N3)C2=O)C(C)C)C1. The van der Waals surface area contributed by atoms with E-state index in [0.29, 0.717) is 72.4 Å². The number of fused-ring (bicyclic) bond motifs is 6. The number of rotatable bonds is 11. The number of halogens is 3. The van der Waals surface area contributed by atoms with Gasteiger partial charge in [-0.2, -0.15) is 13.2 Å². The van der Waals surface area contributed by atoms with Crippen molar-refractivity contribution >= 4 is 40.3 Å². The minimum atomic E-state index is -4.57. The average Bonchev–Trinajstić information content (AvgIpc) is 3.54. The Labute approximate surface area is 377 Å². The van der Waals surface area contributed by atoms with Crippen LogP contribution in [0.3, 0.4) is 0 Å². The number of nitrogens with zero attached hydrogens (tertiary/aromatic N) is 5. The Kier molecular flexibility index (Phi) is 14.6. The van der Waals surface area contributed by atoms with E-state index in [-0.39, 0.29) is 63.0 Å². The standard InChI is InChI=1S/C47H62F3N7O8/c1-8-40(58)55-23-32(24-55)64-25-36(28(2)3)43(59)52-38-20-31-22-54(17-18-63-31)30-13-14-39-34(19-30)35(21-46(5,6)27-65-45(61)37-12-10-16-57(53-37)44(38)60)42(56(39)26-47(48,49)50)33-11-9-15-51-41(33)29(4)62-7/h8-9,11,13-15,19,28-29,31-32,36-38,53H,1,10,12,16-18,20-27H2,2-7H3,(H,52,59)/t29-,31-,36-,37-,38-/m0/s1. The topological polar surface area (TPSA) is 157 Å². The van der Waals surface area contributed by atoms with Crippen LogP contribution in [0.25, 0.3) is 22.2 Å². The summed E-state index contributed by atoms with van der Waals surface area (Å²) in [5.41, 5.74) is 5.43. The second-order valence-corrected chi connectivity index (χ2v) is 18.8. The van der Waals surface area contributed by atoms with Crippen LogP contribution in [0.1, 0.15) is 71.2 Å². The van der Waals surface area contributed by atoms with E-state index in [1.54, 1.807) is 36.2 Å². The molecule has 65 heavy (non-hydrogen) atoms. The molecule has 3 saturated heterocycles. The zero-order chi connectivity index (χ0) is 46.8. The zero-order valence-electron chi connectivity index (χ0n) is 38.1. The van der Waals surface area contributed by atoms with E-state index < -0.39 is 60.2 Å². The van der Waals surface area contributed by atoms with E-state index in [1.165, 1.54) is 22.8 Å². The number of carbonyl (C=O) groups excluding carboxylic acids is 4. The maximum Gasteiger partial charge on any atom is 0.406 e. The van der Waals surface area contributed by atoms with Crippen molar-refractivity contribution in [2.24, 2.45) is 17.3 Å². The van der Waals surface area contributed by atoms with Crippen molar-refractivity contribution in [1.29, 1.82) is 0 Å². The second-order valence-electron chi connectivity index (χ2n) is 18.8. The highest BCUT2D eigenvalue weighted by Gasteiger charge is 2.40. The highest BCUT2D eigenvalue weighted by Crippen LogP contribution is 2.43. The van der Waals surface area contributed by atoms with Crippen molar-refractivity contribution in [1.82, 2.24) is 30.2 Å². The summed E-state index contributed by atoms with van der Waals surface area (Å²) in [5.74, 6) is -2.35. The van der Waals surface area contributed by atoms with Gasteiger partial charge in [-0.25, -0.2) is 5.43 Å². The lowest BCUT2D eigenvalue weighted by atomic mass is 9.84. The largest absolute Gasteiger partial charge is 0.464 e. The molecule has 2 N–H and O–H groups in total. The monoisotopic (exact) mass is 909 g/mol. The Morgan fingerprint density at radius 1 is 1.12 bits per heavy atom. The predicted octanol–water partition coefficient (Wildman–Crippen LogP) is 5.36. The van der Waals surface area contributed by atoms with E-state index >= 15 is 0 Å². The van der Waals surface area contributed by atoms with Gasteiger partial charge in [-0.3, -0.25) is 29.2 Å².